The minimum absolute atomic E-state index is 0.158. The van der Waals surface area contributed by atoms with Crippen molar-refractivity contribution in [3.8, 4) is 0 Å². The molecule has 2 aromatic rings. The van der Waals surface area contributed by atoms with Crippen LogP contribution in [-0.2, 0) is 0 Å². The molecule has 2 aromatic carbocycles. The van der Waals surface area contributed by atoms with E-state index in [9.17, 15) is 4.39 Å². The van der Waals surface area contributed by atoms with Gasteiger partial charge in [-0.05, 0) is 42.0 Å². The van der Waals surface area contributed by atoms with Gasteiger partial charge in [-0.2, -0.15) is 0 Å². The van der Waals surface area contributed by atoms with Gasteiger partial charge in [0.25, 0.3) is 0 Å². The number of rotatable bonds is 4. The highest BCUT2D eigenvalue weighted by molar-refractivity contribution is 9.10. The van der Waals surface area contributed by atoms with Crippen molar-refractivity contribution < 1.29 is 4.39 Å². The number of hydrogen-bond donors (Lipinski definition) is 2. The minimum atomic E-state index is -0.354. The summed E-state index contributed by atoms with van der Waals surface area (Å²) in [4.78, 5) is 0. The van der Waals surface area contributed by atoms with Crippen LogP contribution >= 0.6 is 27.5 Å². The smallest absolute Gasteiger partial charge is 0.124 e. The zero-order chi connectivity index (χ0) is 13.8. The van der Waals surface area contributed by atoms with Gasteiger partial charge < -0.3 is 11.1 Å². The maximum atomic E-state index is 13.0. The van der Waals surface area contributed by atoms with Gasteiger partial charge >= 0.3 is 0 Å². The lowest BCUT2D eigenvalue weighted by Gasteiger charge is -2.20. The highest BCUT2D eigenvalue weighted by Crippen LogP contribution is 2.27. The van der Waals surface area contributed by atoms with Crippen LogP contribution in [-0.4, -0.2) is 6.54 Å². The Hall–Kier alpha value is -1.10. The Morgan fingerprint density at radius 2 is 1.89 bits per heavy atom. The molecule has 0 aromatic heterocycles. The summed E-state index contributed by atoms with van der Waals surface area (Å²) in [7, 11) is 0. The summed E-state index contributed by atoms with van der Waals surface area (Å²) in [5, 5.41) is 3.65. The minimum Gasteiger partial charge on any atom is -0.377 e. The van der Waals surface area contributed by atoms with Gasteiger partial charge in [0.1, 0.15) is 5.82 Å². The number of hydrogen-bond acceptors (Lipinski definition) is 2. The molecule has 5 heteroatoms. The van der Waals surface area contributed by atoms with Crippen molar-refractivity contribution in [1.82, 2.24) is 0 Å². The maximum absolute atomic E-state index is 13.0. The van der Waals surface area contributed by atoms with Crippen molar-refractivity contribution in [1.29, 1.82) is 0 Å². The Bertz CT molecular complexity index is 560. The highest BCUT2D eigenvalue weighted by atomic mass is 79.9. The van der Waals surface area contributed by atoms with Crippen LogP contribution in [0.25, 0.3) is 0 Å². The van der Waals surface area contributed by atoms with E-state index >= 15 is 0 Å². The number of nitrogens with two attached hydrogens (primary N) is 1. The highest BCUT2D eigenvalue weighted by Gasteiger charge is 2.13. The van der Waals surface area contributed by atoms with Gasteiger partial charge in [-0.1, -0.05) is 33.6 Å². The van der Waals surface area contributed by atoms with Crippen LogP contribution < -0.4 is 11.1 Å². The monoisotopic (exact) mass is 342 g/mol. The summed E-state index contributed by atoms with van der Waals surface area (Å²) in [5.74, 6) is -0.354. The van der Waals surface area contributed by atoms with Crippen LogP contribution in [0, 0.1) is 5.82 Å². The molecule has 0 aliphatic rings. The van der Waals surface area contributed by atoms with Crippen LogP contribution in [0.1, 0.15) is 11.6 Å². The Morgan fingerprint density at radius 3 is 2.47 bits per heavy atom. The molecule has 0 amide bonds. The topological polar surface area (TPSA) is 38.0 Å². The zero-order valence-corrected chi connectivity index (χ0v) is 12.4. The fraction of sp³-hybridized carbons (Fsp3) is 0.143. The van der Waals surface area contributed by atoms with Crippen molar-refractivity contribution in [3.05, 3.63) is 63.3 Å². The van der Waals surface area contributed by atoms with E-state index in [0.29, 0.717) is 11.6 Å². The first-order valence-corrected chi connectivity index (χ1v) is 6.94. The van der Waals surface area contributed by atoms with E-state index in [4.69, 9.17) is 17.3 Å². The molecule has 1 unspecified atom stereocenters. The van der Waals surface area contributed by atoms with E-state index in [2.05, 4.69) is 21.2 Å². The second kappa shape index (κ2) is 6.37. The van der Waals surface area contributed by atoms with Crippen molar-refractivity contribution in [2.45, 2.75) is 6.04 Å². The van der Waals surface area contributed by atoms with E-state index in [0.717, 1.165) is 15.7 Å². The van der Waals surface area contributed by atoms with Gasteiger partial charge in [0, 0.05) is 21.7 Å². The van der Waals surface area contributed by atoms with Gasteiger partial charge in [-0.25, -0.2) is 4.39 Å². The van der Waals surface area contributed by atoms with E-state index < -0.39 is 0 Å². The van der Waals surface area contributed by atoms with Crippen molar-refractivity contribution >= 4 is 33.2 Å². The van der Waals surface area contributed by atoms with E-state index in [1.165, 1.54) is 12.1 Å². The van der Waals surface area contributed by atoms with Gasteiger partial charge in [0.2, 0.25) is 0 Å². The third-order valence-corrected chi connectivity index (χ3v) is 3.61. The number of anilines is 1. The molecule has 0 fully saturated rings. The Morgan fingerprint density at radius 1 is 1.21 bits per heavy atom. The summed E-state index contributed by atoms with van der Waals surface area (Å²) in [6.45, 7) is 0.363. The summed E-state index contributed by atoms with van der Waals surface area (Å²) in [5.41, 5.74) is 7.48. The van der Waals surface area contributed by atoms with E-state index in [-0.39, 0.29) is 11.9 Å². The quantitative estimate of drug-likeness (QED) is 0.866. The second-order valence-corrected chi connectivity index (χ2v) is 5.43. The van der Waals surface area contributed by atoms with E-state index in [1.807, 2.05) is 24.3 Å². The maximum Gasteiger partial charge on any atom is 0.124 e. The van der Waals surface area contributed by atoms with Gasteiger partial charge in [0.15, 0.2) is 0 Å². The van der Waals surface area contributed by atoms with Crippen molar-refractivity contribution in [3.63, 3.8) is 0 Å². The van der Waals surface area contributed by atoms with Crippen LogP contribution in [0.5, 0.6) is 0 Å². The molecule has 0 radical (unpaired) electrons. The molecule has 0 bridgehead atoms. The molecule has 19 heavy (non-hydrogen) atoms. The fourth-order valence-corrected chi connectivity index (χ4v) is 2.36. The lowest BCUT2D eigenvalue weighted by molar-refractivity contribution is 0.626. The fourth-order valence-electron chi connectivity index (χ4n) is 1.80. The predicted octanol–water partition coefficient (Wildman–Crippen LogP) is 4.35. The molecule has 2 rings (SSSR count). The van der Waals surface area contributed by atoms with E-state index in [1.54, 1.807) is 6.07 Å². The molecule has 0 saturated heterocycles. The predicted molar refractivity (Wildman–Crippen MR) is 81.0 cm³/mol. The summed E-state index contributed by atoms with van der Waals surface area (Å²) >= 11 is 9.43. The number of nitrogens with one attached hydrogen (secondary N) is 1. The molecular weight excluding hydrogens is 331 g/mol. The average Bonchev–Trinajstić information content (AvgIpc) is 2.39. The lowest BCUT2D eigenvalue weighted by atomic mass is 10.1. The summed E-state index contributed by atoms with van der Waals surface area (Å²) in [6, 6.07) is 11.9. The Labute approximate surface area is 124 Å². The summed E-state index contributed by atoms with van der Waals surface area (Å²) < 4.78 is 14.0. The Balaban J connectivity index is 2.22. The average molecular weight is 344 g/mol. The molecule has 0 aliphatic carbocycles. The molecule has 0 heterocycles. The molecule has 3 N–H and O–H groups in total. The molecular formula is C14H13BrClFN2. The standard InChI is InChI=1S/C14H13BrClFN2/c15-9-1-4-11(5-2-9)19-14(8-18)12-6-3-10(17)7-13(12)16/h1-7,14,19H,8,18H2. The molecule has 0 aliphatic heterocycles. The van der Waals surface area contributed by atoms with Crippen LogP contribution in [0.2, 0.25) is 5.02 Å². The number of benzene rings is 2. The van der Waals surface area contributed by atoms with Crippen molar-refractivity contribution in [2.24, 2.45) is 5.73 Å². The van der Waals surface area contributed by atoms with Crippen LogP contribution in [0.3, 0.4) is 0 Å². The van der Waals surface area contributed by atoms with Crippen LogP contribution in [0.15, 0.2) is 46.9 Å². The SMILES string of the molecule is NCC(Nc1ccc(Br)cc1)c1ccc(F)cc1Cl. The number of halogens is 3. The molecule has 100 valence electrons. The first kappa shape index (κ1) is 14.3. The first-order valence-electron chi connectivity index (χ1n) is 5.77. The molecule has 0 saturated carbocycles. The third-order valence-electron chi connectivity index (χ3n) is 2.76. The largest absolute Gasteiger partial charge is 0.377 e. The molecule has 2 nitrogen and oxygen atoms in total. The first-order chi connectivity index (χ1) is 9.10. The Kier molecular flexibility index (Phi) is 4.80. The van der Waals surface area contributed by atoms with Crippen molar-refractivity contribution in [2.75, 3.05) is 11.9 Å². The van der Waals surface area contributed by atoms with Gasteiger partial charge in [-0.15, -0.1) is 0 Å². The van der Waals surface area contributed by atoms with Crippen LogP contribution in [0.4, 0.5) is 10.1 Å². The third kappa shape index (κ3) is 3.69. The zero-order valence-electron chi connectivity index (χ0n) is 10.0. The molecule has 1 atom stereocenters. The lowest BCUT2D eigenvalue weighted by Crippen LogP contribution is -2.21. The summed E-state index contributed by atoms with van der Waals surface area (Å²) in [6.07, 6.45) is 0. The van der Waals surface area contributed by atoms with Gasteiger partial charge in [0.05, 0.1) is 6.04 Å². The molecule has 0 spiro atoms. The normalized spacial score (nSPS) is 12.2. The van der Waals surface area contributed by atoms with Gasteiger partial charge in [-0.3, -0.25) is 0 Å². The second-order valence-electron chi connectivity index (χ2n) is 4.11.